The Morgan fingerprint density at radius 3 is 2.20 bits per heavy atom. The first-order valence-electron chi connectivity index (χ1n) is 8.26. The molecule has 0 spiro atoms. The first kappa shape index (κ1) is 13.9. The fourth-order valence-electron chi connectivity index (χ4n) is 3.20. The van der Waals surface area contributed by atoms with Crippen molar-refractivity contribution in [2.45, 2.75) is 70.0 Å². The topological polar surface area (TPSA) is 29.5 Å². The SMILES string of the molecule is OC(CC1CCCCCC1)c1ccc(OC2CC2)cc1. The van der Waals surface area contributed by atoms with E-state index in [1.807, 2.05) is 24.3 Å². The van der Waals surface area contributed by atoms with Gasteiger partial charge in [0.2, 0.25) is 0 Å². The van der Waals surface area contributed by atoms with Crippen molar-refractivity contribution in [1.29, 1.82) is 0 Å². The Kier molecular flexibility index (Phi) is 4.62. The van der Waals surface area contributed by atoms with Gasteiger partial charge in [0.1, 0.15) is 5.75 Å². The van der Waals surface area contributed by atoms with Gasteiger partial charge in [-0.15, -0.1) is 0 Å². The van der Waals surface area contributed by atoms with Gasteiger partial charge in [0.25, 0.3) is 0 Å². The molecule has 20 heavy (non-hydrogen) atoms. The fraction of sp³-hybridized carbons (Fsp3) is 0.667. The van der Waals surface area contributed by atoms with Crippen molar-refractivity contribution >= 4 is 0 Å². The summed E-state index contributed by atoms with van der Waals surface area (Å²) in [4.78, 5) is 0. The highest BCUT2D eigenvalue weighted by Crippen LogP contribution is 2.32. The third kappa shape index (κ3) is 3.99. The van der Waals surface area contributed by atoms with Crippen LogP contribution in [0.25, 0.3) is 0 Å². The van der Waals surface area contributed by atoms with E-state index in [2.05, 4.69) is 0 Å². The third-order valence-electron chi connectivity index (χ3n) is 4.62. The molecular weight excluding hydrogens is 248 g/mol. The highest BCUT2D eigenvalue weighted by Gasteiger charge is 2.23. The zero-order chi connectivity index (χ0) is 13.8. The zero-order valence-electron chi connectivity index (χ0n) is 12.3. The van der Waals surface area contributed by atoms with Crippen LogP contribution in [0.1, 0.15) is 69.5 Å². The minimum absolute atomic E-state index is 0.312. The van der Waals surface area contributed by atoms with Crippen LogP contribution in [-0.4, -0.2) is 11.2 Å². The van der Waals surface area contributed by atoms with Crippen molar-refractivity contribution < 1.29 is 9.84 Å². The molecule has 1 aromatic carbocycles. The van der Waals surface area contributed by atoms with Crippen LogP contribution in [0.4, 0.5) is 0 Å². The number of benzene rings is 1. The van der Waals surface area contributed by atoms with E-state index in [1.54, 1.807) is 0 Å². The molecule has 0 aromatic heterocycles. The average Bonchev–Trinajstić information content (AvgIpc) is 3.27. The molecule has 110 valence electrons. The second-order valence-electron chi connectivity index (χ2n) is 6.50. The van der Waals surface area contributed by atoms with Gasteiger partial charge < -0.3 is 9.84 Å². The molecule has 1 unspecified atom stereocenters. The molecule has 3 rings (SSSR count). The average molecular weight is 274 g/mol. The minimum atomic E-state index is -0.312. The quantitative estimate of drug-likeness (QED) is 0.794. The summed E-state index contributed by atoms with van der Waals surface area (Å²) in [5.41, 5.74) is 1.04. The smallest absolute Gasteiger partial charge is 0.119 e. The molecule has 2 heteroatoms. The van der Waals surface area contributed by atoms with Crippen molar-refractivity contribution in [1.82, 2.24) is 0 Å². The fourth-order valence-corrected chi connectivity index (χ4v) is 3.20. The zero-order valence-corrected chi connectivity index (χ0v) is 12.3. The van der Waals surface area contributed by atoms with Crippen LogP contribution in [0.3, 0.4) is 0 Å². The van der Waals surface area contributed by atoms with Gasteiger partial charge in [0, 0.05) is 0 Å². The lowest BCUT2D eigenvalue weighted by Crippen LogP contribution is -2.07. The van der Waals surface area contributed by atoms with Crippen molar-refractivity contribution in [3.8, 4) is 5.75 Å². The molecule has 2 aliphatic rings. The summed E-state index contributed by atoms with van der Waals surface area (Å²) in [5.74, 6) is 1.65. The molecule has 2 aliphatic carbocycles. The first-order chi connectivity index (χ1) is 9.81. The van der Waals surface area contributed by atoms with Gasteiger partial charge in [-0.3, -0.25) is 0 Å². The number of aliphatic hydroxyl groups is 1. The van der Waals surface area contributed by atoms with Gasteiger partial charge in [0.15, 0.2) is 0 Å². The number of hydrogen-bond donors (Lipinski definition) is 1. The number of aliphatic hydroxyl groups excluding tert-OH is 1. The lowest BCUT2D eigenvalue weighted by molar-refractivity contribution is 0.139. The van der Waals surface area contributed by atoms with Gasteiger partial charge in [-0.2, -0.15) is 0 Å². The second-order valence-corrected chi connectivity index (χ2v) is 6.50. The normalized spacial score (nSPS) is 22.2. The van der Waals surface area contributed by atoms with E-state index in [1.165, 1.54) is 51.4 Å². The third-order valence-corrected chi connectivity index (χ3v) is 4.62. The van der Waals surface area contributed by atoms with Crippen molar-refractivity contribution in [3.63, 3.8) is 0 Å². The summed E-state index contributed by atoms with van der Waals surface area (Å²) in [7, 11) is 0. The molecule has 1 N–H and O–H groups in total. The molecule has 2 nitrogen and oxygen atoms in total. The van der Waals surface area contributed by atoms with Crippen LogP contribution in [-0.2, 0) is 0 Å². The highest BCUT2D eigenvalue weighted by atomic mass is 16.5. The monoisotopic (exact) mass is 274 g/mol. The Labute approximate surface area is 122 Å². The molecule has 1 aromatic rings. The van der Waals surface area contributed by atoms with Gasteiger partial charge >= 0.3 is 0 Å². The molecule has 1 atom stereocenters. The molecule has 0 saturated heterocycles. The summed E-state index contributed by atoms with van der Waals surface area (Å²) in [6.07, 6.45) is 11.4. The predicted octanol–water partition coefficient (Wildman–Crippen LogP) is 4.62. The number of ether oxygens (including phenoxy) is 1. The molecule has 2 saturated carbocycles. The summed E-state index contributed by atoms with van der Waals surface area (Å²) >= 11 is 0. The van der Waals surface area contributed by atoms with E-state index in [0.717, 1.165) is 17.7 Å². The van der Waals surface area contributed by atoms with Crippen LogP contribution < -0.4 is 4.74 Å². The van der Waals surface area contributed by atoms with Crippen LogP contribution in [0, 0.1) is 5.92 Å². The van der Waals surface area contributed by atoms with Crippen LogP contribution in [0.5, 0.6) is 5.75 Å². The van der Waals surface area contributed by atoms with Crippen molar-refractivity contribution in [2.24, 2.45) is 5.92 Å². The lowest BCUT2D eigenvalue weighted by Gasteiger charge is -2.19. The van der Waals surface area contributed by atoms with Gasteiger partial charge in [-0.25, -0.2) is 0 Å². The molecule has 0 bridgehead atoms. The summed E-state index contributed by atoms with van der Waals surface area (Å²) in [6.45, 7) is 0. The second kappa shape index (κ2) is 6.62. The van der Waals surface area contributed by atoms with E-state index < -0.39 is 0 Å². The Balaban J connectivity index is 1.53. The summed E-state index contributed by atoms with van der Waals surface area (Å²) in [5, 5.41) is 10.4. The Morgan fingerprint density at radius 1 is 0.950 bits per heavy atom. The van der Waals surface area contributed by atoms with Gasteiger partial charge in [0.05, 0.1) is 12.2 Å². The Bertz CT molecular complexity index is 400. The van der Waals surface area contributed by atoms with E-state index in [-0.39, 0.29) is 6.10 Å². The molecule has 0 radical (unpaired) electrons. The molecule has 0 amide bonds. The maximum Gasteiger partial charge on any atom is 0.119 e. The van der Waals surface area contributed by atoms with Gasteiger partial charge in [-0.05, 0) is 42.9 Å². The molecular formula is C18H26O2. The molecule has 0 aliphatic heterocycles. The van der Waals surface area contributed by atoms with E-state index >= 15 is 0 Å². The molecule has 0 heterocycles. The summed E-state index contributed by atoms with van der Waals surface area (Å²) in [6, 6.07) is 8.06. The first-order valence-corrected chi connectivity index (χ1v) is 8.26. The van der Waals surface area contributed by atoms with Crippen molar-refractivity contribution in [2.75, 3.05) is 0 Å². The van der Waals surface area contributed by atoms with E-state index in [0.29, 0.717) is 12.0 Å². The number of hydrogen-bond acceptors (Lipinski definition) is 2. The predicted molar refractivity (Wildman–Crippen MR) is 80.9 cm³/mol. The lowest BCUT2D eigenvalue weighted by atomic mass is 9.91. The van der Waals surface area contributed by atoms with Gasteiger partial charge in [-0.1, -0.05) is 50.7 Å². The maximum absolute atomic E-state index is 10.4. The van der Waals surface area contributed by atoms with E-state index in [9.17, 15) is 5.11 Å². The van der Waals surface area contributed by atoms with Crippen molar-refractivity contribution in [3.05, 3.63) is 29.8 Å². The van der Waals surface area contributed by atoms with Crippen LogP contribution >= 0.6 is 0 Å². The molecule has 2 fully saturated rings. The Morgan fingerprint density at radius 2 is 1.60 bits per heavy atom. The van der Waals surface area contributed by atoms with Crippen LogP contribution in [0.2, 0.25) is 0 Å². The highest BCUT2D eigenvalue weighted by molar-refractivity contribution is 5.29. The summed E-state index contributed by atoms with van der Waals surface area (Å²) < 4.78 is 5.74. The number of rotatable bonds is 5. The van der Waals surface area contributed by atoms with Crippen LogP contribution in [0.15, 0.2) is 24.3 Å². The standard InChI is InChI=1S/C18H26O2/c19-18(13-14-5-3-1-2-4-6-14)15-7-9-16(10-8-15)20-17-11-12-17/h7-10,14,17-19H,1-6,11-13H2. The largest absolute Gasteiger partial charge is 0.490 e. The van der Waals surface area contributed by atoms with E-state index in [4.69, 9.17) is 4.74 Å². The Hall–Kier alpha value is -1.02. The minimum Gasteiger partial charge on any atom is -0.490 e. The maximum atomic E-state index is 10.4.